The summed E-state index contributed by atoms with van der Waals surface area (Å²) in [5, 5.41) is 7.16. The fraction of sp³-hybridized carbons (Fsp3) is 0.952. The summed E-state index contributed by atoms with van der Waals surface area (Å²) in [6.07, 6.45) is 2.43. The molecule has 2 unspecified atom stereocenters. The summed E-state index contributed by atoms with van der Waals surface area (Å²) in [5.74, 6) is 1.62. The SMILES string of the molecule is CCC(CC)C(CNC(=NC)NCC(C)N1CCN(C)CC1)N1CCOCC1.I. The summed E-state index contributed by atoms with van der Waals surface area (Å²) in [5.41, 5.74) is 0. The number of ether oxygens (including phenoxy) is 1. The van der Waals surface area contributed by atoms with Gasteiger partial charge in [-0.25, -0.2) is 0 Å². The molecule has 0 aromatic rings. The molecule has 2 atom stereocenters. The number of piperazine rings is 1. The Morgan fingerprint density at radius 2 is 1.52 bits per heavy atom. The van der Waals surface area contributed by atoms with E-state index in [0.717, 1.165) is 71.5 Å². The van der Waals surface area contributed by atoms with Crippen LogP contribution in [0.5, 0.6) is 0 Å². The zero-order chi connectivity index (χ0) is 20.4. The van der Waals surface area contributed by atoms with Crippen molar-refractivity contribution in [2.75, 3.05) is 79.7 Å². The Bertz CT molecular complexity index is 448. The third-order valence-corrected chi connectivity index (χ3v) is 6.54. The van der Waals surface area contributed by atoms with E-state index in [1.807, 2.05) is 7.05 Å². The first-order valence-electron chi connectivity index (χ1n) is 11.3. The molecule has 172 valence electrons. The smallest absolute Gasteiger partial charge is 0.191 e. The van der Waals surface area contributed by atoms with Crippen molar-refractivity contribution in [2.24, 2.45) is 10.9 Å². The normalized spacial score (nSPS) is 22.2. The zero-order valence-corrected chi connectivity index (χ0v) is 21.7. The first-order chi connectivity index (χ1) is 13.6. The molecule has 29 heavy (non-hydrogen) atoms. The van der Waals surface area contributed by atoms with Gasteiger partial charge in [0.1, 0.15) is 0 Å². The molecule has 2 aliphatic heterocycles. The summed E-state index contributed by atoms with van der Waals surface area (Å²) in [7, 11) is 4.08. The van der Waals surface area contributed by atoms with E-state index in [1.165, 1.54) is 12.8 Å². The van der Waals surface area contributed by atoms with Crippen LogP contribution in [0.4, 0.5) is 0 Å². The molecule has 0 bridgehead atoms. The predicted octanol–water partition coefficient (Wildman–Crippen LogP) is 1.54. The number of aliphatic imine (C=N–C) groups is 1. The van der Waals surface area contributed by atoms with Gasteiger partial charge in [0, 0.05) is 71.5 Å². The number of hydrogen-bond acceptors (Lipinski definition) is 5. The fourth-order valence-corrected chi connectivity index (χ4v) is 4.39. The molecule has 2 saturated heterocycles. The summed E-state index contributed by atoms with van der Waals surface area (Å²) < 4.78 is 5.57. The minimum Gasteiger partial charge on any atom is -0.379 e. The summed E-state index contributed by atoms with van der Waals surface area (Å²) in [4.78, 5) is 12.0. The third-order valence-electron chi connectivity index (χ3n) is 6.54. The van der Waals surface area contributed by atoms with Crippen molar-refractivity contribution in [1.29, 1.82) is 0 Å². The van der Waals surface area contributed by atoms with Gasteiger partial charge in [-0.15, -0.1) is 24.0 Å². The summed E-state index contributed by atoms with van der Waals surface area (Å²) in [6, 6.07) is 1.05. The largest absolute Gasteiger partial charge is 0.379 e. The van der Waals surface area contributed by atoms with Gasteiger partial charge in [-0.3, -0.25) is 14.8 Å². The molecule has 0 aliphatic carbocycles. The molecule has 0 aromatic heterocycles. The molecule has 0 radical (unpaired) electrons. The van der Waals surface area contributed by atoms with E-state index < -0.39 is 0 Å². The number of halogens is 1. The van der Waals surface area contributed by atoms with Crippen LogP contribution in [-0.2, 0) is 4.74 Å². The van der Waals surface area contributed by atoms with Crippen molar-refractivity contribution < 1.29 is 4.74 Å². The number of guanidine groups is 1. The highest BCUT2D eigenvalue weighted by atomic mass is 127. The van der Waals surface area contributed by atoms with E-state index in [-0.39, 0.29) is 24.0 Å². The third kappa shape index (κ3) is 8.85. The second-order valence-corrected chi connectivity index (χ2v) is 8.31. The van der Waals surface area contributed by atoms with Crippen LogP contribution in [0.2, 0.25) is 0 Å². The van der Waals surface area contributed by atoms with Crippen molar-refractivity contribution >= 4 is 29.9 Å². The maximum Gasteiger partial charge on any atom is 0.191 e. The first kappa shape index (κ1) is 26.9. The lowest BCUT2D eigenvalue weighted by molar-refractivity contribution is 0.00271. The molecule has 2 aliphatic rings. The molecule has 2 N–H and O–H groups in total. The van der Waals surface area contributed by atoms with Gasteiger partial charge in [0.15, 0.2) is 5.96 Å². The number of hydrogen-bond donors (Lipinski definition) is 2. The molecule has 2 rings (SSSR count). The van der Waals surface area contributed by atoms with Gasteiger partial charge in [0.25, 0.3) is 0 Å². The Kier molecular flexibility index (Phi) is 13.7. The fourth-order valence-electron chi connectivity index (χ4n) is 4.39. The lowest BCUT2D eigenvalue weighted by Gasteiger charge is -2.39. The standard InChI is InChI=1S/C21H44N6O.HI/c1-6-19(7-2)20(27-12-14-28-15-13-27)17-24-21(22-4)23-16-18(3)26-10-8-25(5)9-11-26;/h18-20H,6-17H2,1-5H3,(H2,22,23,24);1H. The number of nitrogens with zero attached hydrogens (tertiary/aromatic N) is 4. The van der Waals surface area contributed by atoms with Crippen molar-refractivity contribution in [2.45, 2.75) is 45.7 Å². The van der Waals surface area contributed by atoms with E-state index in [4.69, 9.17) is 4.74 Å². The van der Waals surface area contributed by atoms with Gasteiger partial charge in [-0.05, 0) is 19.9 Å². The van der Waals surface area contributed by atoms with Gasteiger partial charge in [0.05, 0.1) is 13.2 Å². The van der Waals surface area contributed by atoms with Gasteiger partial charge in [0.2, 0.25) is 0 Å². The predicted molar refractivity (Wildman–Crippen MR) is 134 cm³/mol. The highest BCUT2D eigenvalue weighted by Crippen LogP contribution is 2.19. The van der Waals surface area contributed by atoms with Crippen LogP contribution in [0.1, 0.15) is 33.6 Å². The van der Waals surface area contributed by atoms with Crippen molar-refractivity contribution in [3.05, 3.63) is 0 Å². The quantitative estimate of drug-likeness (QED) is 0.271. The lowest BCUT2D eigenvalue weighted by atomic mass is 9.92. The molecule has 8 heteroatoms. The van der Waals surface area contributed by atoms with Crippen LogP contribution in [0, 0.1) is 5.92 Å². The van der Waals surface area contributed by atoms with Gasteiger partial charge in [-0.2, -0.15) is 0 Å². The Balaban J connectivity index is 0.00000420. The van der Waals surface area contributed by atoms with E-state index in [0.29, 0.717) is 18.0 Å². The van der Waals surface area contributed by atoms with Crippen LogP contribution >= 0.6 is 24.0 Å². The maximum absolute atomic E-state index is 5.57. The average Bonchev–Trinajstić information content (AvgIpc) is 2.74. The zero-order valence-electron chi connectivity index (χ0n) is 19.3. The molecule has 0 amide bonds. The monoisotopic (exact) mass is 524 g/mol. The first-order valence-corrected chi connectivity index (χ1v) is 11.3. The highest BCUT2D eigenvalue weighted by Gasteiger charge is 2.27. The van der Waals surface area contributed by atoms with Crippen LogP contribution < -0.4 is 10.6 Å². The number of nitrogens with one attached hydrogen (secondary N) is 2. The Labute approximate surface area is 196 Å². The maximum atomic E-state index is 5.57. The highest BCUT2D eigenvalue weighted by molar-refractivity contribution is 14.0. The molecule has 7 nitrogen and oxygen atoms in total. The van der Waals surface area contributed by atoms with Crippen molar-refractivity contribution in [3.63, 3.8) is 0 Å². The molecule has 0 spiro atoms. The van der Waals surface area contributed by atoms with Crippen molar-refractivity contribution in [3.8, 4) is 0 Å². The lowest BCUT2D eigenvalue weighted by Crippen LogP contribution is -2.55. The van der Waals surface area contributed by atoms with Crippen LogP contribution in [0.3, 0.4) is 0 Å². The molecular formula is C21H45IN6O. The molecular weight excluding hydrogens is 479 g/mol. The second-order valence-electron chi connectivity index (χ2n) is 8.31. The molecule has 0 saturated carbocycles. The molecule has 2 heterocycles. The Hall–Kier alpha value is -0.160. The van der Waals surface area contributed by atoms with Crippen LogP contribution in [-0.4, -0.2) is 112 Å². The Morgan fingerprint density at radius 3 is 2.07 bits per heavy atom. The Morgan fingerprint density at radius 1 is 0.931 bits per heavy atom. The molecule has 0 aromatic carbocycles. The molecule has 2 fully saturated rings. The summed E-state index contributed by atoms with van der Waals surface area (Å²) in [6.45, 7) is 17.2. The van der Waals surface area contributed by atoms with E-state index in [1.54, 1.807) is 0 Å². The number of likely N-dealkylation sites (N-methyl/N-ethyl adjacent to an activating group) is 1. The average molecular weight is 525 g/mol. The van der Waals surface area contributed by atoms with Crippen LogP contribution in [0.15, 0.2) is 4.99 Å². The van der Waals surface area contributed by atoms with Crippen molar-refractivity contribution in [1.82, 2.24) is 25.3 Å². The minimum absolute atomic E-state index is 0. The van der Waals surface area contributed by atoms with Crippen LogP contribution in [0.25, 0.3) is 0 Å². The van der Waals surface area contributed by atoms with Gasteiger partial charge < -0.3 is 20.3 Å². The topological polar surface area (TPSA) is 55.4 Å². The minimum atomic E-state index is 0. The van der Waals surface area contributed by atoms with E-state index in [2.05, 4.69) is 58.1 Å². The summed E-state index contributed by atoms with van der Waals surface area (Å²) >= 11 is 0. The number of morpholine rings is 1. The second kappa shape index (κ2) is 14.8. The van der Waals surface area contributed by atoms with Gasteiger partial charge >= 0.3 is 0 Å². The number of rotatable bonds is 9. The van der Waals surface area contributed by atoms with E-state index in [9.17, 15) is 0 Å². The van der Waals surface area contributed by atoms with Gasteiger partial charge in [-0.1, -0.05) is 26.7 Å². The van der Waals surface area contributed by atoms with E-state index >= 15 is 0 Å².